The molecule has 0 spiro atoms. The van der Waals surface area contributed by atoms with Crippen LogP contribution < -0.4 is 15.8 Å². The van der Waals surface area contributed by atoms with Gasteiger partial charge in [-0.2, -0.15) is 0 Å². The van der Waals surface area contributed by atoms with Gasteiger partial charge in [-0.1, -0.05) is 18.2 Å². The van der Waals surface area contributed by atoms with Gasteiger partial charge in [0.1, 0.15) is 11.6 Å². The van der Waals surface area contributed by atoms with E-state index in [1.807, 2.05) is 24.3 Å². The van der Waals surface area contributed by atoms with Gasteiger partial charge in [0, 0.05) is 12.0 Å². The number of aliphatic imine (C=N–C) groups is 1. The fourth-order valence-corrected chi connectivity index (χ4v) is 2.38. The van der Waals surface area contributed by atoms with Crippen LogP contribution >= 0.6 is 0 Å². The van der Waals surface area contributed by atoms with Crippen molar-refractivity contribution in [2.24, 2.45) is 10.7 Å². The molecule has 0 saturated heterocycles. The number of guanidine groups is 1. The Morgan fingerprint density at radius 1 is 1.36 bits per heavy atom. The summed E-state index contributed by atoms with van der Waals surface area (Å²) in [5.41, 5.74) is 7.68. The third-order valence-corrected chi connectivity index (χ3v) is 3.48. The number of nitrogens with two attached hydrogens (primary N) is 1. The van der Waals surface area contributed by atoms with Crippen LogP contribution in [-0.4, -0.2) is 17.6 Å². The first-order valence-electron chi connectivity index (χ1n) is 7.11. The van der Waals surface area contributed by atoms with Gasteiger partial charge >= 0.3 is 0 Å². The van der Waals surface area contributed by atoms with Crippen molar-refractivity contribution < 1.29 is 9.13 Å². The molecule has 1 aliphatic heterocycles. The molecule has 6 heteroatoms. The summed E-state index contributed by atoms with van der Waals surface area (Å²) in [7, 11) is 0. The van der Waals surface area contributed by atoms with Crippen LogP contribution in [0.1, 0.15) is 23.7 Å². The Hall–Kier alpha value is -2.63. The summed E-state index contributed by atoms with van der Waals surface area (Å²) in [6, 6.07) is 10.9. The van der Waals surface area contributed by atoms with Crippen molar-refractivity contribution in [3.05, 3.63) is 59.7 Å². The van der Waals surface area contributed by atoms with Gasteiger partial charge in [0.05, 0.1) is 31.1 Å². The normalized spacial score (nSPS) is 17.5. The van der Waals surface area contributed by atoms with E-state index in [9.17, 15) is 4.39 Å². The van der Waals surface area contributed by atoms with Crippen LogP contribution in [0.25, 0.3) is 0 Å². The maximum atomic E-state index is 12.8. The van der Waals surface area contributed by atoms with Gasteiger partial charge in [0.15, 0.2) is 5.96 Å². The molecule has 0 saturated carbocycles. The summed E-state index contributed by atoms with van der Waals surface area (Å²) < 4.78 is 18.4. The number of pyridine rings is 1. The fraction of sp³-hybridized carbons (Fsp3) is 0.250. The Morgan fingerprint density at radius 2 is 2.23 bits per heavy atom. The van der Waals surface area contributed by atoms with Crippen molar-refractivity contribution in [2.45, 2.75) is 19.0 Å². The summed E-state index contributed by atoms with van der Waals surface area (Å²) in [4.78, 5) is 8.20. The lowest BCUT2D eigenvalue weighted by atomic mass is 10.0. The van der Waals surface area contributed by atoms with Crippen molar-refractivity contribution in [1.82, 2.24) is 10.3 Å². The quantitative estimate of drug-likeness (QED) is 0.673. The topological polar surface area (TPSA) is 72.5 Å². The number of hydrogen-bond acceptors (Lipinski definition) is 3. The second kappa shape index (κ2) is 6.43. The number of nitrogens with zero attached hydrogens (tertiary/aromatic N) is 2. The molecule has 22 heavy (non-hydrogen) atoms. The minimum atomic E-state index is -0.363. The minimum absolute atomic E-state index is 0.0786. The largest absolute Gasteiger partial charge is 0.493 e. The predicted octanol–water partition coefficient (Wildman–Crippen LogP) is 2.15. The summed E-state index contributed by atoms with van der Waals surface area (Å²) >= 11 is 0. The van der Waals surface area contributed by atoms with Crippen LogP contribution in [0.2, 0.25) is 0 Å². The van der Waals surface area contributed by atoms with Gasteiger partial charge in [0.2, 0.25) is 0 Å². The van der Waals surface area contributed by atoms with E-state index in [1.165, 1.54) is 12.3 Å². The lowest BCUT2D eigenvalue weighted by molar-refractivity contribution is 0.262. The first-order valence-corrected chi connectivity index (χ1v) is 7.11. The second-order valence-electron chi connectivity index (χ2n) is 5.04. The standard InChI is InChI=1S/C16H17FN4O/c17-11-5-6-12(19-9-11)10-20-16(18)21-14-7-8-22-15-4-2-1-3-13(14)15/h1-6,9,14H,7-8,10H2,(H3,18,20,21). The Kier molecular flexibility index (Phi) is 4.18. The highest BCUT2D eigenvalue weighted by Gasteiger charge is 2.21. The van der Waals surface area contributed by atoms with Crippen LogP contribution in [-0.2, 0) is 6.54 Å². The lowest BCUT2D eigenvalue weighted by Crippen LogP contribution is -2.37. The zero-order chi connectivity index (χ0) is 15.4. The molecule has 1 aromatic heterocycles. The van der Waals surface area contributed by atoms with E-state index in [4.69, 9.17) is 10.5 Å². The number of para-hydroxylation sites is 1. The number of rotatable bonds is 3. The number of ether oxygens (including phenoxy) is 1. The molecule has 3 N–H and O–H groups in total. The fourth-order valence-electron chi connectivity index (χ4n) is 2.38. The molecule has 114 valence electrons. The van der Waals surface area contributed by atoms with E-state index in [-0.39, 0.29) is 11.9 Å². The van der Waals surface area contributed by atoms with Crippen molar-refractivity contribution in [1.29, 1.82) is 0 Å². The molecule has 2 heterocycles. The molecule has 0 aliphatic carbocycles. The molecule has 0 fully saturated rings. The van der Waals surface area contributed by atoms with Gasteiger partial charge in [0.25, 0.3) is 0 Å². The van der Waals surface area contributed by atoms with Gasteiger partial charge in [-0.3, -0.25) is 4.98 Å². The molecule has 1 atom stereocenters. The molecular weight excluding hydrogens is 283 g/mol. The van der Waals surface area contributed by atoms with E-state index in [0.717, 1.165) is 17.7 Å². The molecule has 0 bridgehead atoms. The summed E-state index contributed by atoms with van der Waals surface area (Å²) in [5, 5.41) is 3.20. The van der Waals surface area contributed by atoms with Crippen LogP contribution in [0.5, 0.6) is 5.75 Å². The Labute approximate surface area is 128 Å². The summed E-state index contributed by atoms with van der Waals surface area (Å²) in [5.74, 6) is 0.852. The van der Waals surface area contributed by atoms with Crippen LogP contribution in [0.15, 0.2) is 47.6 Å². The number of hydrogen-bond donors (Lipinski definition) is 2. The predicted molar refractivity (Wildman–Crippen MR) is 82.0 cm³/mol. The average molecular weight is 300 g/mol. The minimum Gasteiger partial charge on any atom is -0.493 e. The Balaban J connectivity index is 1.65. The Bertz CT molecular complexity index is 672. The SMILES string of the molecule is NC(=NCc1ccc(F)cn1)NC1CCOc2ccccc21. The molecule has 1 aliphatic rings. The first-order chi connectivity index (χ1) is 10.7. The number of aromatic nitrogens is 1. The zero-order valence-electron chi connectivity index (χ0n) is 12.0. The maximum Gasteiger partial charge on any atom is 0.189 e. The van der Waals surface area contributed by atoms with Crippen LogP contribution in [0, 0.1) is 5.82 Å². The van der Waals surface area contributed by atoms with E-state index >= 15 is 0 Å². The molecule has 1 unspecified atom stereocenters. The van der Waals surface area contributed by atoms with Crippen molar-refractivity contribution in [3.63, 3.8) is 0 Å². The lowest BCUT2D eigenvalue weighted by Gasteiger charge is -2.26. The number of fused-ring (bicyclic) bond motifs is 1. The molecule has 0 radical (unpaired) electrons. The van der Waals surface area contributed by atoms with Gasteiger partial charge < -0.3 is 15.8 Å². The van der Waals surface area contributed by atoms with Gasteiger partial charge in [-0.25, -0.2) is 9.38 Å². The third kappa shape index (κ3) is 3.33. The van der Waals surface area contributed by atoms with E-state index in [1.54, 1.807) is 6.07 Å². The van der Waals surface area contributed by atoms with Crippen LogP contribution in [0.3, 0.4) is 0 Å². The highest BCUT2D eigenvalue weighted by Crippen LogP contribution is 2.31. The van der Waals surface area contributed by atoms with Gasteiger partial charge in [-0.15, -0.1) is 0 Å². The zero-order valence-corrected chi connectivity index (χ0v) is 12.0. The van der Waals surface area contributed by atoms with Crippen LogP contribution in [0.4, 0.5) is 4.39 Å². The molecule has 3 rings (SSSR count). The number of nitrogens with one attached hydrogen (secondary N) is 1. The molecule has 2 aromatic rings. The van der Waals surface area contributed by atoms with Crippen molar-refractivity contribution >= 4 is 5.96 Å². The first kappa shape index (κ1) is 14.3. The van der Waals surface area contributed by atoms with E-state index in [0.29, 0.717) is 24.8 Å². The van der Waals surface area contributed by atoms with Crippen molar-refractivity contribution in [3.8, 4) is 5.75 Å². The Morgan fingerprint density at radius 3 is 3.05 bits per heavy atom. The number of halogens is 1. The maximum absolute atomic E-state index is 12.8. The molecule has 1 aromatic carbocycles. The van der Waals surface area contributed by atoms with Gasteiger partial charge in [-0.05, 0) is 18.2 Å². The van der Waals surface area contributed by atoms with E-state index < -0.39 is 0 Å². The summed E-state index contributed by atoms with van der Waals surface area (Å²) in [6.45, 7) is 0.950. The monoisotopic (exact) mass is 300 g/mol. The molecule has 0 amide bonds. The highest BCUT2D eigenvalue weighted by molar-refractivity contribution is 5.78. The third-order valence-electron chi connectivity index (χ3n) is 3.48. The van der Waals surface area contributed by atoms with Crippen molar-refractivity contribution in [2.75, 3.05) is 6.61 Å². The number of benzene rings is 1. The molecular formula is C16H17FN4O. The average Bonchev–Trinajstić information content (AvgIpc) is 2.55. The smallest absolute Gasteiger partial charge is 0.189 e. The molecule has 5 nitrogen and oxygen atoms in total. The summed E-state index contributed by atoms with van der Waals surface area (Å²) in [6.07, 6.45) is 1.99. The highest BCUT2D eigenvalue weighted by atomic mass is 19.1. The second-order valence-corrected chi connectivity index (χ2v) is 5.04. The van der Waals surface area contributed by atoms with E-state index in [2.05, 4.69) is 15.3 Å².